The van der Waals surface area contributed by atoms with Crippen LogP contribution in [-0.4, -0.2) is 47.0 Å². The highest BCUT2D eigenvalue weighted by molar-refractivity contribution is 5.96. The van der Waals surface area contributed by atoms with Gasteiger partial charge in [-0.2, -0.15) is 0 Å². The first-order valence-electron chi connectivity index (χ1n) is 8.01. The Labute approximate surface area is 136 Å². The van der Waals surface area contributed by atoms with Crippen molar-refractivity contribution >= 4 is 5.91 Å². The lowest BCUT2D eigenvalue weighted by Crippen LogP contribution is -2.46. The van der Waals surface area contributed by atoms with E-state index in [4.69, 9.17) is 8.94 Å². The highest BCUT2D eigenvalue weighted by Crippen LogP contribution is 2.23. The van der Waals surface area contributed by atoms with Gasteiger partial charge in [-0.15, -0.1) is 0 Å². The fourth-order valence-corrected chi connectivity index (χ4v) is 3.18. The Morgan fingerprint density at radius 2 is 2.13 bits per heavy atom. The molecule has 0 N–H and O–H groups in total. The normalized spacial score (nSPS) is 16.7. The molecule has 0 bridgehead atoms. The largest absolute Gasteiger partial charge is 0.467 e. The molecule has 0 atom stereocenters. The number of likely N-dealkylation sites (tertiary alicyclic amines) is 1. The summed E-state index contributed by atoms with van der Waals surface area (Å²) in [6.07, 6.45) is 3.57. The van der Waals surface area contributed by atoms with Gasteiger partial charge in [0.15, 0.2) is 0 Å². The standard InChI is InChI=1S/C17H23N3O3/c1-12-16(13(2)23-18-12)17(21)20(11-15-5-4-10-22-15)14-6-8-19(3)9-7-14/h4-5,10,14H,6-9,11H2,1-3H3. The number of hydrogen-bond acceptors (Lipinski definition) is 5. The summed E-state index contributed by atoms with van der Waals surface area (Å²) in [5.74, 6) is 1.35. The number of amides is 1. The molecular formula is C17H23N3O3. The van der Waals surface area contributed by atoms with Crippen molar-refractivity contribution in [3.63, 3.8) is 0 Å². The fourth-order valence-electron chi connectivity index (χ4n) is 3.18. The zero-order chi connectivity index (χ0) is 16.4. The van der Waals surface area contributed by atoms with E-state index < -0.39 is 0 Å². The molecule has 3 rings (SSSR count). The van der Waals surface area contributed by atoms with Crippen molar-refractivity contribution in [3.8, 4) is 0 Å². The summed E-state index contributed by atoms with van der Waals surface area (Å²) in [5.41, 5.74) is 1.22. The minimum Gasteiger partial charge on any atom is -0.467 e. The second kappa shape index (κ2) is 6.58. The van der Waals surface area contributed by atoms with Gasteiger partial charge in [-0.1, -0.05) is 5.16 Å². The topological polar surface area (TPSA) is 62.7 Å². The van der Waals surface area contributed by atoms with Crippen LogP contribution in [0.2, 0.25) is 0 Å². The third kappa shape index (κ3) is 3.32. The molecule has 0 aromatic carbocycles. The third-order valence-corrected chi connectivity index (χ3v) is 4.54. The van der Waals surface area contributed by atoms with Gasteiger partial charge in [-0.05, 0) is 59.0 Å². The Morgan fingerprint density at radius 1 is 1.39 bits per heavy atom. The lowest BCUT2D eigenvalue weighted by Gasteiger charge is -2.37. The Morgan fingerprint density at radius 3 is 2.70 bits per heavy atom. The van der Waals surface area contributed by atoms with Gasteiger partial charge in [0.25, 0.3) is 5.91 Å². The molecule has 0 aliphatic carbocycles. The number of hydrogen-bond donors (Lipinski definition) is 0. The van der Waals surface area contributed by atoms with Gasteiger partial charge in [0, 0.05) is 6.04 Å². The molecule has 124 valence electrons. The summed E-state index contributed by atoms with van der Waals surface area (Å²) in [6, 6.07) is 3.96. The third-order valence-electron chi connectivity index (χ3n) is 4.54. The molecule has 2 aromatic rings. The predicted molar refractivity (Wildman–Crippen MR) is 85.1 cm³/mol. The number of furan rings is 1. The maximum absolute atomic E-state index is 13.1. The zero-order valence-electron chi connectivity index (χ0n) is 13.9. The van der Waals surface area contributed by atoms with Gasteiger partial charge in [-0.3, -0.25) is 4.79 Å². The minimum absolute atomic E-state index is 0.0211. The summed E-state index contributed by atoms with van der Waals surface area (Å²) < 4.78 is 10.6. The van der Waals surface area contributed by atoms with E-state index in [1.54, 1.807) is 13.2 Å². The second-order valence-corrected chi connectivity index (χ2v) is 6.25. The molecule has 1 aliphatic heterocycles. The first-order chi connectivity index (χ1) is 11.1. The second-order valence-electron chi connectivity index (χ2n) is 6.25. The Balaban J connectivity index is 1.86. The monoisotopic (exact) mass is 317 g/mol. The molecule has 0 unspecified atom stereocenters. The zero-order valence-corrected chi connectivity index (χ0v) is 13.9. The average molecular weight is 317 g/mol. The lowest BCUT2D eigenvalue weighted by molar-refractivity contribution is 0.0548. The van der Waals surface area contributed by atoms with Crippen molar-refractivity contribution in [1.82, 2.24) is 15.0 Å². The smallest absolute Gasteiger partial charge is 0.260 e. The van der Waals surface area contributed by atoms with E-state index in [0.29, 0.717) is 23.6 Å². The molecule has 3 heterocycles. The predicted octanol–water partition coefficient (Wildman–Crippen LogP) is 2.62. The van der Waals surface area contributed by atoms with Gasteiger partial charge < -0.3 is 18.7 Å². The molecule has 23 heavy (non-hydrogen) atoms. The van der Waals surface area contributed by atoms with Crippen LogP contribution >= 0.6 is 0 Å². The first-order valence-corrected chi connectivity index (χ1v) is 8.01. The SMILES string of the molecule is Cc1noc(C)c1C(=O)N(Cc1ccco1)C1CCN(C)CC1. The first kappa shape index (κ1) is 15.8. The van der Waals surface area contributed by atoms with Crippen LogP contribution in [0.4, 0.5) is 0 Å². The molecule has 0 spiro atoms. The van der Waals surface area contributed by atoms with Gasteiger partial charge in [0.05, 0.1) is 18.5 Å². The van der Waals surface area contributed by atoms with E-state index in [1.807, 2.05) is 24.0 Å². The number of aromatic nitrogens is 1. The number of aryl methyl sites for hydroxylation is 2. The van der Waals surface area contributed by atoms with E-state index in [-0.39, 0.29) is 11.9 Å². The minimum atomic E-state index is -0.0211. The van der Waals surface area contributed by atoms with Crippen molar-refractivity contribution in [2.75, 3.05) is 20.1 Å². The molecule has 6 heteroatoms. The van der Waals surface area contributed by atoms with Crippen LogP contribution in [0.1, 0.15) is 40.4 Å². The summed E-state index contributed by atoms with van der Waals surface area (Å²) in [5, 5.41) is 3.92. The van der Waals surface area contributed by atoms with Gasteiger partial charge >= 0.3 is 0 Å². The summed E-state index contributed by atoms with van der Waals surface area (Å²) in [4.78, 5) is 17.3. The Kier molecular flexibility index (Phi) is 4.52. The quantitative estimate of drug-likeness (QED) is 0.867. The van der Waals surface area contributed by atoms with Crippen LogP contribution in [0, 0.1) is 13.8 Å². The van der Waals surface area contributed by atoms with Crippen LogP contribution in [0.25, 0.3) is 0 Å². The van der Waals surface area contributed by atoms with Crippen molar-refractivity contribution in [2.24, 2.45) is 0 Å². The fraction of sp³-hybridized carbons (Fsp3) is 0.529. The van der Waals surface area contributed by atoms with Crippen molar-refractivity contribution in [3.05, 3.63) is 41.2 Å². The maximum Gasteiger partial charge on any atom is 0.260 e. The summed E-state index contributed by atoms with van der Waals surface area (Å²) in [6.45, 7) is 6.06. The van der Waals surface area contributed by atoms with Crippen LogP contribution in [0.15, 0.2) is 27.3 Å². The Hall–Kier alpha value is -2.08. The molecule has 1 saturated heterocycles. The van der Waals surface area contributed by atoms with Crippen molar-refractivity contribution in [2.45, 2.75) is 39.3 Å². The molecule has 6 nitrogen and oxygen atoms in total. The van der Waals surface area contributed by atoms with E-state index in [9.17, 15) is 4.79 Å². The lowest BCUT2D eigenvalue weighted by atomic mass is 10.0. The molecule has 0 saturated carbocycles. The van der Waals surface area contributed by atoms with Gasteiger partial charge in [0.1, 0.15) is 17.1 Å². The highest BCUT2D eigenvalue weighted by atomic mass is 16.5. The van der Waals surface area contributed by atoms with E-state index in [2.05, 4.69) is 17.1 Å². The van der Waals surface area contributed by atoms with Crippen molar-refractivity contribution < 1.29 is 13.7 Å². The van der Waals surface area contributed by atoms with E-state index >= 15 is 0 Å². The molecule has 1 aliphatic rings. The number of carbonyl (C=O) groups is 1. The summed E-state index contributed by atoms with van der Waals surface area (Å²) in [7, 11) is 2.11. The van der Waals surface area contributed by atoms with Crippen molar-refractivity contribution in [1.29, 1.82) is 0 Å². The highest BCUT2D eigenvalue weighted by Gasteiger charge is 2.31. The van der Waals surface area contributed by atoms with Crippen LogP contribution in [0.5, 0.6) is 0 Å². The average Bonchev–Trinajstić information content (AvgIpc) is 3.15. The Bertz CT molecular complexity index is 635. The van der Waals surface area contributed by atoms with Crippen LogP contribution in [-0.2, 0) is 6.54 Å². The molecular weight excluding hydrogens is 294 g/mol. The molecule has 2 aromatic heterocycles. The number of nitrogens with zero attached hydrogens (tertiary/aromatic N) is 3. The molecule has 1 fully saturated rings. The summed E-state index contributed by atoms with van der Waals surface area (Å²) >= 11 is 0. The number of piperidine rings is 1. The number of carbonyl (C=O) groups excluding carboxylic acids is 1. The van der Waals surface area contributed by atoms with E-state index in [1.165, 1.54) is 0 Å². The molecule has 1 amide bonds. The van der Waals surface area contributed by atoms with Gasteiger partial charge in [0.2, 0.25) is 0 Å². The van der Waals surface area contributed by atoms with Crippen LogP contribution in [0.3, 0.4) is 0 Å². The number of rotatable bonds is 4. The maximum atomic E-state index is 13.1. The van der Waals surface area contributed by atoms with Crippen LogP contribution < -0.4 is 0 Å². The molecule has 0 radical (unpaired) electrons. The van der Waals surface area contributed by atoms with E-state index in [0.717, 1.165) is 31.7 Å². The van der Waals surface area contributed by atoms with Gasteiger partial charge in [-0.25, -0.2) is 0 Å².